The SMILES string of the molecule is CCOC(=O)COc1cccc(COc2ccccc2C(=O)Nc2cccnc2)c1.CCOC(=O)c1ccc(COc2ccccc2C(=O)Nc2cccnc2)cc1.COc1cccc(COc2ccccc2C(=O)Nc2cccnc2)c1.Cc1ccc(F)cc1COc1ccccc1C(=O)Nc1cccnc1.O=C(Nc1cccnc1)c1ccccc1OCc1ccc(C(F)(F)F)cc1. The van der Waals surface area contributed by atoms with Gasteiger partial charge in [0.15, 0.2) is 6.61 Å². The predicted octanol–water partition coefficient (Wildman–Crippen LogP) is 21.2. The number of benzene rings is 10. The fourth-order valence-corrected chi connectivity index (χ4v) is 12.2. The normalized spacial score (nSPS) is 10.4. The van der Waals surface area contributed by atoms with Crippen molar-refractivity contribution in [3.05, 3.63) is 437 Å². The van der Waals surface area contributed by atoms with Gasteiger partial charge in [0.2, 0.25) is 0 Å². The molecule has 5 heterocycles. The average molecular weight is 1830 g/mol. The molecule has 30 heteroatoms. The van der Waals surface area contributed by atoms with Crippen LogP contribution in [0.2, 0.25) is 0 Å². The Hall–Kier alpha value is -17.4. The summed E-state index contributed by atoms with van der Waals surface area (Å²) >= 11 is 0. The highest BCUT2D eigenvalue weighted by Crippen LogP contribution is 2.32. The number of nitrogens with one attached hydrogen (secondary N) is 5. The van der Waals surface area contributed by atoms with Crippen LogP contribution in [0, 0.1) is 12.7 Å². The fraction of sp³-hybridized carbons (Fsp3) is 0.124. The van der Waals surface area contributed by atoms with E-state index in [2.05, 4.69) is 51.5 Å². The number of hydrogen-bond acceptors (Lipinski definition) is 21. The molecule has 26 nitrogen and oxygen atoms in total. The number of pyridine rings is 5. The second-order valence-electron chi connectivity index (χ2n) is 28.7. The van der Waals surface area contributed by atoms with Crippen LogP contribution in [-0.4, -0.2) is 93.3 Å². The van der Waals surface area contributed by atoms with Crippen LogP contribution in [0.1, 0.15) is 115 Å². The minimum Gasteiger partial charge on any atom is -0.497 e. The van der Waals surface area contributed by atoms with Crippen LogP contribution in [0.5, 0.6) is 40.2 Å². The summed E-state index contributed by atoms with van der Waals surface area (Å²) in [6, 6.07) is 83.3. The van der Waals surface area contributed by atoms with E-state index >= 15 is 0 Å². The van der Waals surface area contributed by atoms with Crippen molar-refractivity contribution in [2.24, 2.45) is 0 Å². The first-order valence-electron chi connectivity index (χ1n) is 42.0. The van der Waals surface area contributed by atoms with Crippen molar-refractivity contribution in [3.8, 4) is 40.2 Å². The van der Waals surface area contributed by atoms with Crippen molar-refractivity contribution in [1.29, 1.82) is 0 Å². The number of aromatic nitrogens is 5. The monoisotopic (exact) mass is 1820 g/mol. The molecule has 0 saturated heterocycles. The molecule has 10 aromatic carbocycles. The molecule has 5 N–H and O–H groups in total. The summed E-state index contributed by atoms with van der Waals surface area (Å²) in [6.07, 6.45) is 11.6. The number of amides is 5. The summed E-state index contributed by atoms with van der Waals surface area (Å²) < 4.78 is 101. The van der Waals surface area contributed by atoms with Crippen LogP contribution >= 0.6 is 0 Å². The van der Waals surface area contributed by atoms with Gasteiger partial charge in [-0.2, -0.15) is 13.2 Å². The third-order valence-electron chi connectivity index (χ3n) is 19.0. The van der Waals surface area contributed by atoms with Crippen molar-refractivity contribution in [3.63, 3.8) is 0 Å². The van der Waals surface area contributed by atoms with E-state index in [1.165, 1.54) is 30.5 Å². The molecule has 0 spiro atoms. The van der Waals surface area contributed by atoms with E-state index in [0.29, 0.717) is 122 Å². The summed E-state index contributed by atoms with van der Waals surface area (Å²) in [5.41, 5.74) is 9.67. The lowest BCUT2D eigenvalue weighted by molar-refractivity contribution is -0.145. The summed E-state index contributed by atoms with van der Waals surface area (Å²) in [6.45, 7) is 6.94. The topological polar surface area (TPSA) is 327 Å². The van der Waals surface area contributed by atoms with Gasteiger partial charge in [0, 0.05) is 31.0 Å². The highest BCUT2D eigenvalue weighted by Gasteiger charge is 2.30. The molecule has 135 heavy (non-hydrogen) atoms. The number of carbonyl (C=O) groups is 7. The van der Waals surface area contributed by atoms with Crippen molar-refractivity contribution in [1.82, 2.24) is 24.9 Å². The zero-order valence-electron chi connectivity index (χ0n) is 73.5. The molecule has 0 aliphatic carbocycles. The average Bonchev–Trinajstić information content (AvgIpc) is 0.851. The molecule has 5 amide bonds. The van der Waals surface area contributed by atoms with Crippen molar-refractivity contribution in [2.45, 2.75) is 60.0 Å². The fourth-order valence-electron chi connectivity index (χ4n) is 12.2. The molecule has 0 aliphatic rings. The van der Waals surface area contributed by atoms with Gasteiger partial charge in [0.1, 0.15) is 79.1 Å². The van der Waals surface area contributed by atoms with Gasteiger partial charge >= 0.3 is 18.1 Å². The van der Waals surface area contributed by atoms with Gasteiger partial charge in [0.25, 0.3) is 29.5 Å². The Morgan fingerprint density at radius 1 is 0.326 bits per heavy atom. The van der Waals surface area contributed by atoms with Crippen LogP contribution in [0.25, 0.3) is 0 Å². The second-order valence-corrected chi connectivity index (χ2v) is 28.7. The first-order chi connectivity index (χ1) is 65.6. The number of hydrogen-bond donors (Lipinski definition) is 5. The first kappa shape index (κ1) is 98.2. The summed E-state index contributed by atoms with van der Waals surface area (Å²) in [7, 11) is 1.62. The van der Waals surface area contributed by atoms with Crippen molar-refractivity contribution < 1.29 is 93.8 Å². The van der Waals surface area contributed by atoms with Gasteiger partial charge in [-0.05, 0) is 236 Å². The Balaban J connectivity index is 0.000000162. The van der Waals surface area contributed by atoms with Crippen LogP contribution in [0.4, 0.5) is 46.0 Å². The van der Waals surface area contributed by atoms with Crippen molar-refractivity contribution >= 4 is 69.9 Å². The van der Waals surface area contributed by atoms with E-state index in [0.717, 1.165) is 45.7 Å². The zero-order valence-corrected chi connectivity index (χ0v) is 73.5. The number of nitrogens with zero attached hydrogens (tertiary/aromatic N) is 5. The first-order valence-corrected chi connectivity index (χ1v) is 42.0. The standard InChI is InChI=1S/C23H22N2O5.C22H20N2O4.C20H15F3N2O2.C20H17FN2O2.C20H18N2O3/c1-2-28-22(26)16-29-19-9-5-7-17(13-19)15-30-21-11-4-3-10-20(21)23(27)25-18-8-6-12-24-14-18;1-2-27-22(26)17-11-9-16(10-12-17)15-28-20-8-4-3-7-19(20)21(25)24-18-6-5-13-23-14-18;21-20(22,23)15-9-7-14(8-10-15)13-27-18-6-2-1-5-17(18)19(26)25-16-4-3-11-24-12-16;1-14-8-9-16(21)11-15(14)13-25-19-7-3-2-6-18(19)20(24)23-17-5-4-10-22-12-17;1-24-17-8-4-6-15(12-17)14-25-19-10-3-2-9-18(19)20(23)22-16-7-5-11-21-13-16/h3-14H,2,15-16H2,1H3,(H,25,27);3-14H,2,15H2,1H3,(H,24,25);1-12H,13H2,(H,25,26);2-12H,13H2,1H3,(H,23,24);2-13H,14H2,1H3,(H,22,23). The van der Waals surface area contributed by atoms with E-state index < -0.39 is 17.7 Å². The molecular weight excluding hydrogens is 1730 g/mol. The Morgan fingerprint density at radius 2 is 0.652 bits per heavy atom. The Bertz CT molecular complexity index is 6370. The minimum atomic E-state index is -4.38. The maximum atomic E-state index is 13.4. The molecule has 0 aliphatic heterocycles. The number of ether oxygens (including phenoxy) is 9. The number of rotatable bonds is 32. The van der Waals surface area contributed by atoms with E-state index in [-0.39, 0.29) is 74.4 Å². The maximum absolute atomic E-state index is 13.4. The lowest BCUT2D eigenvalue weighted by Crippen LogP contribution is -2.14. The highest BCUT2D eigenvalue weighted by atomic mass is 19.4. The van der Waals surface area contributed by atoms with E-state index in [1.807, 2.05) is 43.3 Å². The number of para-hydroxylation sites is 5. The van der Waals surface area contributed by atoms with E-state index in [1.54, 1.807) is 301 Å². The molecule has 15 aromatic rings. The van der Waals surface area contributed by atoms with Crippen LogP contribution in [0.15, 0.2) is 359 Å². The minimum absolute atomic E-state index is 0.0370. The number of esters is 2. The number of aryl methyl sites for hydroxylation is 1. The Morgan fingerprint density at radius 3 is 0.985 bits per heavy atom. The van der Waals surface area contributed by atoms with Crippen LogP contribution in [0.3, 0.4) is 0 Å². The molecule has 15 rings (SSSR count). The number of methoxy groups -OCH3 is 1. The molecule has 0 saturated carbocycles. The summed E-state index contributed by atoms with van der Waals surface area (Å²) in [5.74, 6) is 0.960. The molecule has 0 fully saturated rings. The molecule has 0 radical (unpaired) electrons. The number of halogens is 4. The summed E-state index contributed by atoms with van der Waals surface area (Å²) in [4.78, 5) is 106. The predicted molar refractivity (Wildman–Crippen MR) is 501 cm³/mol. The van der Waals surface area contributed by atoms with Crippen LogP contribution < -0.4 is 59.7 Å². The third kappa shape index (κ3) is 32.0. The highest BCUT2D eigenvalue weighted by molar-refractivity contribution is 6.09. The van der Waals surface area contributed by atoms with Crippen molar-refractivity contribution in [2.75, 3.05) is 53.5 Å². The van der Waals surface area contributed by atoms with E-state index in [4.69, 9.17) is 42.6 Å². The van der Waals surface area contributed by atoms with Gasteiger partial charge < -0.3 is 69.2 Å². The van der Waals surface area contributed by atoms with E-state index in [9.17, 15) is 51.1 Å². The smallest absolute Gasteiger partial charge is 0.416 e. The molecule has 5 aromatic heterocycles. The lowest BCUT2D eigenvalue weighted by atomic mass is 10.1. The maximum Gasteiger partial charge on any atom is 0.416 e. The van der Waals surface area contributed by atoms with Crippen LogP contribution in [-0.2, 0) is 53.5 Å². The lowest BCUT2D eigenvalue weighted by Gasteiger charge is -2.13. The zero-order chi connectivity index (χ0) is 95.4. The molecule has 0 atom stereocenters. The third-order valence-corrected chi connectivity index (χ3v) is 19.0. The second kappa shape index (κ2) is 51.7. The number of carbonyl (C=O) groups excluding carboxylic acids is 7. The van der Waals surface area contributed by atoms with Gasteiger partial charge in [0.05, 0.1) is 119 Å². The quantitative estimate of drug-likeness (QED) is 0.0193. The Labute approximate surface area is 775 Å². The molecule has 0 unspecified atom stereocenters. The molecule has 0 bridgehead atoms. The number of anilines is 5. The Kier molecular flexibility index (Phi) is 37.6. The van der Waals surface area contributed by atoms with Gasteiger partial charge in [-0.15, -0.1) is 0 Å². The largest absolute Gasteiger partial charge is 0.497 e. The van der Waals surface area contributed by atoms with Gasteiger partial charge in [-0.3, -0.25) is 48.9 Å². The van der Waals surface area contributed by atoms with Gasteiger partial charge in [-0.25, -0.2) is 14.0 Å². The molecule has 686 valence electrons. The summed E-state index contributed by atoms with van der Waals surface area (Å²) in [5, 5.41) is 13.9. The molecular formula is C105H92F4N10O16. The number of alkyl halides is 3. The van der Waals surface area contributed by atoms with Gasteiger partial charge in [-0.1, -0.05) is 115 Å².